The summed E-state index contributed by atoms with van der Waals surface area (Å²) in [7, 11) is -3.11. The van der Waals surface area contributed by atoms with Crippen LogP contribution in [-0.2, 0) is 21.2 Å². The number of nitrogens with one attached hydrogen (secondary N) is 1. The number of nitrogens with zero attached hydrogens (tertiary/aromatic N) is 4. The number of sulfone groups is 1. The number of carbonyl (C=O) groups excluding carboxylic acids is 2. The average Bonchev–Trinajstić information content (AvgIpc) is 3.44. The summed E-state index contributed by atoms with van der Waals surface area (Å²) in [5, 5.41) is 17.6. The Balaban J connectivity index is 1.71. The van der Waals surface area contributed by atoms with E-state index in [1.165, 1.54) is 27.8 Å². The zero-order chi connectivity index (χ0) is 23.9. The van der Waals surface area contributed by atoms with Gasteiger partial charge in [-0.2, -0.15) is 9.61 Å². The third-order valence-corrected chi connectivity index (χ3v) is 7.27. The molecule has 0 unspecified atom stereocenters. The van der Waals surface area contributed by atoms with Crippen LogP contribution in [0.1, 0.15) is 42.6 Å². The van der Waals surface area contributed by atoms with Crippen LogP contribution in [0, 0.1) is 5.92 Å². The Labute approximate surface area is 190 Å². The number of rotatable bonds is 6. The van der Waals surface area contributed by atoms with Crippen molar-refractivity contribution in [2.75, 3.05) is 24.6 Å². The number of hydrogen-bond acceptors (Lipinski definition) is 7. The summed E-state index contributed by atoms with van der Waals surface area (Å²) in [6.07, 6.45) is 5.85. The average molecular weight is 478 g/mol. The Morgan fingerprint density at radius 3 is 2.55 bits per heavy atom. The van der Waals surface area contributed by atoms with Gasteiger partial charge in [-0.05, 0) is 24.8 Å². The first-order chi connectivity index (χ1) is 15.6. The molecule has 0 bridgehead atoms. The number of carbonyl (C=O) groups is 2. The minimum Gasteiger partial charge on any atom is -0.492 e. The number of fused-ring (bicyclic) bond motifs is 1. The number of amides is 2. The summed E-state index contributed by atoms with van der Waals surface area (Å²) in [5.74, 6) is -1.64. The van der Waals surface area contributed by atoms with Crippen LogP contribution in [-0.4, -0.2) is 75.1 Å². The fourth-order valence-corrected chi connectivity index (χ4v) is 4.95. The lowest BCUT2D eigenvalue weighted by Gasteiger charge is -2.25. The van der Waals surface area contributed by atoms with E-state index >= 15 is 0 Å². The fraction of sp³-hybridized carbons (Fsp3) is 0.524. The van der Waals surface area contributed by atoms with Crippen molar-refractivity contribution in [2.45, 2.75) is 39.3 Å². The first-order valence-corrected chi connectivity index (χ1v) is 12.7. The van der Waals surface area contributed by atoms with Crippen molar-refractivity contribution in [3.8, 4) is 5.88 Å². The molecule has 1 aliphatic carbocycles. The summed E-state index contributed by atoms with van der Waals surface area (Å²) in [6, 6.07) is 0.0115. The molecule has 1 saturated heterocycles. The molecular weight excluding hydrogens is 450 g/mol. The van der Waals surface area contributed by atoms with Gasteiger partial charge in [-0.25, -0.2) is 8.42 Å². The van der Waals surface area contributed by atoms with E-state index < -0.39 is 27.2 Å². The minimum absolute atomic E-state index is 0.0115. The molecule has 2 N–H and O–H groups in total. The van der Waals surface area contributed by atoms with Gasteiger partial charge < -0.3 is 15.3 Å². The van der Waals surface area contributed by atoms with Gasteiger partial charge in [0.05, 0.1) is 17.7 Å². The maximum Gasteiger partial charge on any atom is 0.270 e. The maximum atomic E-state index is 13.2. The van der Waals surface area contributed by atoms with Gasteiger partial charge in [-0.15, -0.1) is 0 Å². The van der Waals surface area contributed by atoms with Crippen molar-refractivity contribution in [1.29, 1.82) is 0 Å². The van der Waals surface area contributed by atoms with E-state index in [0.717, 1.165) is 17.4 Å². The zero-order valence-electron chi connectivity index (χ0n) is 18.5. The van der Waals surface area contributed by atoms with E-state index in [2.05, 4.69) is 10.4 Å². The van der Waals surface area contributed by atoms with Crippen molar-refractivity contribution in [3.63, 3.8) is 0 Å². The highest BCUT2D eigenvalue weighted by Crippen LogP contribution is 2.23. The minimum atomic E-state index is -3.11. The number of aromatic nitrogens is 3. The summed E-state index contributed by atoms with van der Waals surface area (Å²) in [5.41, 5.74) is -0.316. The molecule has 11 nitrogen and oxygen atoms in total. The molecule has 0 spiro atoms. The Hall–Kier alpha value is -3.15. The summed E-state index contributed by atoms with van der Waals surface area (Å²) in [4.78, 5) is 39.8. The number of hydrogen-bond donors (Lipinski definition) is 2. The molecule has 0 radical (unpaired) electrons. The molecule has 2 fully saturated rings. The molecule has 1 saturated carbocycles. The Bertz CT molecular complexity index is 1290. The van der Waals surface area contributed by atoms with E-state index in [1.807, 2.05) is 13.8 Å². The van der Waals surface area contributed by atoms with Crippen LogP contribution in [0.2, 0.25) is 0 Å². The quantitative estimate of drug-likeness (QED) is 0.558. The zero-order valence-corrected chi connectivity index (χ0v) is 19.3. The highest BCUT2D eigenvalue weighted by atomic mass is 32.2. The van der Waals surface area contributed by atoms with Crippen LogP contribution in [0.15, 0.2) is 17.1 Å². The molecule has 2 amide bonds. The van der Waals surface area contributed by atoms with E-state index in [4.69, 9.17) is 0 Å². The molecule has 1 aliphatic heterocycles. The summed E-state index contributed by atoms with van der Waals surface area (Å²) >= 11 is 0. The maximum absolute atomic E-state index is 13.2. The molecular formula is C21H27N5O6S. The molecule has 4 rings (SSSR count). The van der Waals surface area contributed by atoms with E-state index in [-0.39, 0.29) is 60.2 Å². The lowest BCUT2D eigenvalue weighted by Crippen LogP contribution is -2.43. The fourth-order valence-electron chi connectivity index (χ4n) is 3.75. The molecule has 0 atom stereocenters. The smallest absolute Gasteiger partial charge is 0.270 e. The first-order valence-electron chi connectivity index (χ1n) is 10.9. The predicted octanol–water partition coefficient (Wildman–Crippen LogP) is 0.0200. The SMILES string of the molecule is CC(C)Cn1c(=O)c(C(=O)NC2CC2)c(O)n2ncc(/C=C/C(=O)N3CCS(=O)(=O)CC3)c12. The topological polar surface area (TPSA) is 143 Å². The van der Waals surface area contributed by atoms with Crippen molar-refractivity contribution < 1.29 is 23.1 Å². The largest absolute Gasteiger partial charge is 0.492 e. The molecule has 2 aliphatic rings. The molecule has 33 heavy (non-hydrogen) atoms. The molecule has 178 valence electrons. The van der Waals surface area contributed by atoms with Gasteiger partial charge in [0, 0.05) is 37.3 Å². The Morgan fingerprint density at radius 2 is 1.94 bits per heavy atom. The van der Waals surface area contributed by atoms with Gasteiger partial charge in [0.2, 0.25) is 11.8 Å². The van der Waals surface area contributed by atoms with Crippen molar-refractivity contribution in [1.82, 2.24) is 24.4 Å². The summed E-state index contributed by atoms with van der Waals surface area (Å²) < 4.78 is 25.7. The Kier molecular flexibility index (Phi) is 6.04. The molecule has 0 aromatic carbocycles. The van der Waals surface area contributed by atoms with Crippen LogP contribution in [0.3, 0.4) is 0 Å². The molecule has 3 heterocycles. The monoisotopic (exact) mass is 477 g/mol. The third-order valence-electron chi connectivity index (χ3n) is 5.66. The second-order valence-electron chi connectivity index (χ2n) is 8.90. The standard InChI is InChI=1S/C21H27N5O6S/c1-13(2)12-25-19-14(3-6-16(27)24-7-9-33(31,32)10-8-24)11-22-26(19)21(30)17(20(25)29)18(28)23-15-4-5-15/h3,6,11,13,15,30H,4-5,7-10,12H2,1-2H3,(H,23,28)/b6-3+. The number of aromatic hydroxyl groups is 1. The Morgan fingerprint density at radius 1 is 1.27 bits per heavy atom. The van der Waals surface area contributed by atoms with Crippen LogP contribution in [0.4, 0.5) is 0 Å². The van der Waals surface area contributed by atoms with Gasteiger partial charge in [0.25, 0.3) is 11.5 Å². The van der Waals surface area contributed by atoms with Crippen molar-refractivity contribution in [3.05, 3.63) is 33.8 Å². The highest BCUT2D eigenvalue weighted by Gasteiger charge is 2.30. The third kappa shape index (κ3) is 4.80. The lowest BCUT2D eigenvalue weighted by atomic mass is 10.2. The van der Waals surface area contributed by atoms with E-state index in [9.17, 15) is 27.9 Å². The van der Waals surface area contributed by atoms with Gasteiger partial charge in [-0.1, -0.05) is 13.8 Å². The van der Waals surface area contributed by atoms with Crippen LogP contribution < -0.4 is 10.9 Å². The van der Waals surface area contributed by atoms with E-state index in [1.54, 1.807) is 0 Å². The van der Waals surface area contributed by atoms with Crippen LogP contribution in [0.5, 0.6) is 5.88 Å². The second kappa shape index (κ2) is 8.65. The second-order valence-corrected chi connectivity index (χ2v) is 11.2. The van der Waals surface area contributed by atoms with E-state index in [0.29, 0.717) is 5.56 Å². The van der Waals surface area contributed by atoms with Gasteiger partial charge in [0.1, 0.15) is 5.65 Å². The van der Waals surface area contributed by atoms with Crippen molar-refractivity contribution >= 4 is 33.4 Å². The molecule has 2 aromatic rings. The highest BCUT2D eigenvalue weighted by molar-refractivity contribution is 7.91. The van der Waals surface area contributed by atoms with Crippen LogP contribution in [0.25, 0.3) is 11.7 Å². The lowest BCUT2D eigenvalue weighted by molar-refractivity contribution is -0.125. The summed E-state index contributed by atoms with van der Waals surface area (Å²) in [6.45, 7) is 4.35. The van der Waals surface area contributed by atoms with Crippen LogP contribution >= 0.6 is 0 Å². The van der Waals surface area contributed by atoms with Gasteiger partial charge >= 0.3 is 0 Å². The normalized spacial score (nSPS) is 18.3. The first kappa shape index (κ1) is 23.0. The molecule has 2 aromatic heterocycles. The van der Waals surface area contributed by atoms with Gasteiger partial charge in [0.15, 0.2) is 15.4 Å². The molecule has 12 heteroatoms. The predicted molar refractivity (Wildman–Crippen MR) is 121 cm³/mol. The van der Waals surface area contributed by atoms with Gasteiger partial charge in [-0.3, -0.25) is 19.0 Å². The van der Waals surface area contributed by atoms with Crippen molar-refractivity contribution in [2.24, 2.45) is 5.92 Å².